The number of benzene rings is 1. The fourth-order valence-corrected chi connectivity index (χ4v) is 3.85. The topological polar surface area (TPSA) is 105 Å². The van der Waals surface area contributed by atoms with Crippen LogP contribution in [0.4, 0.5) is 0 Å². The molecule has 0 spiro atoms. The molecule has 0 aliphatic heterocycles. The summed E-state index contributed by atoms with van der Waals surface area (Å²) in [5, 5.41) is 13.5. The lowest BCUT2D eigenvalue weighted by atomic mass is 9.82. The number of nitrogens with one attached hydrogen (secondary N) is 1. The third-order valence-corrected chi connectivity index (χ3v) is 6.19. The zero-order valence-electron chi connectivity index (χ0n) is 22.0. The minimum absolute atomic E-state index is 0.0763. The quantitative estimate of drug-likeness (QED) is 0.297. The zero-order valence-corrected chi connectivity index (χ0v) is 22.0. The van der Waals surface area contributed by atoms with Gasteiger partial charge in [0.15, 0.2) is 11.5 Å². The Labute approximate surface area is 206 Å². The van der Waals surface area contributed by atoms with Gasteiger partial charge in [-0.25, -0.2) is 0 Å². The molecule has 0 aromatic heterocycles. The van der Waals surface area contributed by atoms with E-state index in [0.717, 1.165) is 31.4 Å². The van der Waals surface area contributed by atoms with Crippen LogP contribution in [0.15, 0.2) is 30.5 Å². The van der Waals surface area contributed by atoms with Crippen LogP contribution in [0.5, 0.6) is 11.5 Å². The predicted molar refractivity (Wildman–Crippen MR) is 136 cm³/mol. The van der Waals surface area contributed by atoms with E-state index in [4.69, 9.17) is 14.2 Å². The first-order valence-electron chi connectivity index (χ1n) is 12.5. The molecule has 1 amide bonds. The van der Waals surface area contributed by atoms with Crippen molar-refractivity contribution in [3.63, 3.8) is 0 Å². The Bertz CT molecular complexity index is 738. The summed E-state index contributed by atoms with van der Waals surface area (Å²) in [5.41, 5.74) is 5.41. The number of allylic oxidation sites excluding steroid dienone is 1. The van der Waals surface area contributed by atoms with E-state index in [1.54, 1.807) is 20.4 Å². The summed E-state index contributed by atoms with van der Waals surface area (Å²) in [4.78, 5) is 12.2. The minimum Gasteiger partial charge on any atom is -0.493 e. The summed E-state index contributed by atoms with van der Waals surface area (Å²) in [6.07, 6.45) is 6.64. The second-order valence-electron chi connectivity index (χ2n) is 9.41. The maximum atomic E-state index is 12.2. The molecule has 0 bridgehead atoms. The van der Waals surface area contributed by atoms with Crippen molar-refractivity contribution in [3.8, 4) is 11.5 Å². The van der Waals surface area contributed by atoms with E-state index in [1.165, 1.54) is 5.56 Å². The second kappa shape index (κ2) is 16.5. The number of rotatable bonds is 17. The van der Waals surface area contributed by atoms with Crippen LogP contribution in [-0.2, 0) is 16.0 Å². The number of amides is 1. The van der Waals surface area contributed by atoms with Crippen molar-refractivity contribution in [2.45, 2.75) is 71.9 Å². The van der Waals surface area contributed by atoms with Gasteiger partial charge in [-0.1, -0.05) is 39.8 Å². The van der Waals surface area contributed by atoms with E-state index in [1.807, 2.05) is 32.1 Å². The summed E-state index contributed by atoms with van der Waals surface area (Å²) < 4.78 is 16.5. The van der Waals surface area contributed by atoms with Gasteiger partial charge in [0.05, 0.1) is 13.7 Å². The molecule has 1 aromatic rings. The van der Waals surface area contributed by atoms with Crippen LogP contribution in [0.1, 0.15) is 58.9 Å². The lowest BCUT2D eigenvalue weighted by Gasteiger charge is -2.26. The molecular formula is C27H47N2O5+. The van der Waals surface area contributed by atoms with E-state index >= 15 is 0 Å². The second-order valence-corrected chi connectivity index (χ2v) is 9.41. The molecule has 0 fully saturated rings. The zero-order chi connectivity index (χ0) is 25.5. The molecule has 0 saturated carbocycles. The Kier molecular flexibility index (Phi) is 14.6. The molecule has 1 rings (SSSR count). The maximum Gasteiger partial charge on any atom is 0.226 e. The number of carbonyl (C=O) groups is 1. The van der Waals surface area contributed by atoms with E-state index in [-0.39, 0.29) is 17.9 Å². The highest BCUT2D eigenvalue weighted by Gasteiger charge is 2.28. The molecule has 4 atom stereocenters. The van der Waals surface area contributed by atoms with Gasteiger partial charge in [-0.05, 0) is 55.0 Å². The van der Waals surface area contributed by atoms with Crippen LogP contribution in [0, 0.1) is 17.8 Å². The van der Waals surface area contributed by atoms with Crippen LogP contribution < -0.4 is 20.5 Å². The molecule has 34 heavy (non-hydrogen) atoms. The van der Waals surface area contributed by atoms with Gasteiger partial charge in [-0.3, -0.25) is 4.79 Å². The van der Waals surface area contributed by atoms with E-state index in [9.17, 15) is 9.90 Å². The Morgan fingerprint density at radius 2 is 1.88 bits per heavy atom. The number of carbonyl (C=O) groups excluding carboxylic acids is 1. The molecule has 0 saturated heterocycles. The number of ether oxygens (including phenoxy) is 3. The molecule has 7 nitrogen and oxygen atoms in total. The first-order chi connectivity index (χ1) is 16.2. The minimum atomic E-state index is -0.632. The highest BCUT2D eigenvalue weighted by molar-refractivity contribution is 5.79. The van der Waals surface area contributed by atoms with Gasteiger partial charge >= 0.3 is 0 Å². The Balaban J connectivity index is 2.75. The molecule has 194 valence electrons. The van der Waals surface area contributed by atoms with Gasteiger partial charge in [0.25, 0.3) is 0 Å². The molecular weight excluding hydrogens is 432 g/mol. The third kappa shape index (κ3) is 10.9. The molecule has 5 N–H and O–H groups in total. The van der Waals surface area contributed by atoms with E-state index < -0.39 is 6.10 Å². The average molecular weight is 480 g/mol. The smallest absolute Gasteiger partial charge is 0.226 e. The highest BCUT2D eigenvalue weighted by Crippen LogP contribution is 2.31. The van der Waals surface area contributed by atoms with Crippen LogP contribution in [0.25, 0.3) is 0 Å². The molecule has 0 radical (unpaired) electrons. The molecule has 0 heterocycles. The number of hydrogen-bond donors (Lipinski definition) is 3. The van der Waals surface area contributed by atoms with Crippen molar-refractivity contribution in [1.29, 1.82) is 0 Å². The Morgan fingerprint density at radius 1 is 1.15 bits per heavy atom. The summed E-state index contributed by atoms with van der Waals surface area (Å²) in [6.45, 7) is 9.47. The SMILES string of the molecule is CC/C=C/NC(=O)[C@H](C)C[C@H](O)[C@@H]([NH3+])C[C@H](Cc1ccc(OC)c(OCCCOC)c1)C(C)C. The summed E-state index contributed by atoms with van der Waals surface area (Å²) in [6, 6.07) is 5.91. The third-order valence-electron chi connectivity index (χ3n) is 6.19. The Morgan fingerprint density at radius 3 is 2.50 bits per heavy atom. The molecule has 0 aliphatic rings. The summed E-state index contributed by atoms with van der Waals surface area (Å²) >= 11 is 0. The lowest BCUT2D eigenvalue weighted by molar-refractivity contribution is -0.442. The molecule has 1 aromatic carbocycles. The van der Waals surface area contributed by atoms with Crippen molar-refractivity contribution in [3.05, 3.63) is 36.0 Å². The molecule has 0 unspecified atom stereocenters. The number of aliphatic hydroxyl groups is 1. The van der Waals surface area contributed by atoms with Crippen LogP contribution in [0.2, 0.25) is 0 Å². The largest absolute Gasteiger partial charge is 0.493 e. The molecule has 7 heteroatoms. The first kappa shape index (κ1) is 29.9. The summed E-state index contributed by atoms with van der Waals surface area (Å²) in [5.74, 6) is 1.86. The van der Waals surface area contributed by atoms with Gasteiger partial charge in [0.1, 0.15) is 12.1 Å². The maximum absolute atomic E-state index is 12.2. The van der Waals surface area contributed by atoms with E-state index in [2.05, 4.69) is 31.0 Å². The van der Waals surface area contributed by atoms with Crippen molar-refractivity contribution in [2.24, 2.45) is 17.8 Å². The predicted octanol–water partition coefficient (Wildman–Crippen LogP) is 3.35. The first-order valence-corrected chi connectivity index (χ1v) is 12.5. The fourth-order valence-electron chi connectivity index (χ4n) is 3.85. The van der Waals surface area contributed by atoms with Gasteiger partial charge < -0.3 is 30.4 Å². The van der Waals surface area contributed by atoms with Crippen molar-refractivity contribution >= 4 is 5.91 Å². The van der Waals surface area contributed by atoms with Gasteiger partial charge in [-0.15, -0.1) is 0 Å². The van der Waals surface area contributed by atoms with Crippen LogP contribution in [-0.4, -0.2) is 50.6 Å². The van der Waals surface area contributed by atoms with Crippen molar-refractivity contribution < 1.29 is 29.8 Å². The monoisotopic (exact) mass is 479 g/mol. The van der Waals surface area contributed by atoms with Crippen molar-refractivity contribution in [1.82, 2.24) is 5.32 Å². The molecule has 0 aliphatic carbocycles. The fraction of sp³-hybridized carbons (Fsp3) is 0.667. The Hall–Kier alpha value is -2.09. The van der Waals surface area contributed by atoms with Crippen LogP contribution in [0.3, 0.4) is 0 Å². The van der Waals surface area contributed by atoms with E-state index in [0.29, 0.717) is 37.2 Å². The normalized spacial score (nSPS) is 15.2. The number of hydrogen-bond acceptors (Lipinski definition) is 5. The van der Waals surface area contributed by atoms with Gasteiger partial charge in [0, 0.05) is 32.5 Å². The number of aliphatic hydroxyl groups excluding tert-OH is 1. The summed E-state index contributed by atoms with van der Waals surface area (Å²) in [7, 11) is 3.32. The number of methoxy groups -OCH3 is 2. The highest BCUT2D eigenvalue weighted by atomic mass is 16.5. The van der Waals surface area contributed by atoms with Gasteiger partial charge in [0.2, 0.25) is 5.91 Å². The standard InChI is InChI=1S/C27H46N2O5/c1-7-8-12-29-27(31)20(4)15-24(30)23(28)18-22(19(2)3)16-21-10-11-25(33-6)26(17-21)34-14-9-13-32-5/h8,10-12,17,19-20,22-24,30H,7,9,13-16,18,28H2,1-6H3,(H,29,31)/p+1/b12-8+/t20-,22+,23+,24+/m1/s1. The van der Waals surface area contributed by atoms with Gasteiger partial charge in [-0.2, -0.15) is 0 Å². The average Bonchev–Trinajstić information content (AvgIpc) is 2.81. The van der Waals surface area contributed by atoms with Crippen LogP contribution >= 0.6 is 0 Å². The van der Waals surface area contributed by atoms with Crippen molar-refractivity contribution in [2.75, 3.05) is 27.4 Å². The number of quaternary nitrogens is 1. The lowest BCUT2D eigenvalue weighted by Crippen LogP contribution is -2.67.